The average molecular weight is 402 g/mol. The molecule has 4 heteroatoms. The van der Waals surface area contributed by atoms with Crippen LogP contribution in [0.4, 0.5) is 13.2 Å². The number of hydrogen-bond donors (Lipinski definition) is 0. The molecule has 1 aromatic carbocycles. The molecule has 1 aromatic rings. The van der Waals surface area contributed by atoms with E-state index in [4.69, 9.17) is 5.26 Å². The summed E-state index contributed by atoms with van der Waals surface area (Å²) in [6.45, 7) is 0. The number of nitrogens with zero attached hydrogens (tertiary/aromatic N) is 1. The van der Waals surface area contributed by atoms with Crippen LogP contribution in [0, 0.1) is 40.7 Å². The minimum atomic E-state index is -0.772. The van der Waals surface area contributed by atoms with Gasteiger partial charge < -0.3 is 0 Å². The monoisotopic (exact) mass is 401 g/mol. The van der Waals surface area contributed by atoms with Crippen molar-refractivity contribution in [3.63, 3.8) is 0 Å². The van der Waals surface area contributed by atoms with E-state index in [9.17, 15) is 13.2 Å². The van der Waals surface area contributed by atoms with Crippen molar-refractivity contribution in [1.29, 1.82) is 5.26 Å². The molecule has 2 saturated carbocycles. The predicted octanol–water partition coefficient (Wildman–Crippen LogP) is 7.76. The summed E-state index contributed by atoms with van der Waals surface area (Å²) in [5.41, 5.74) is 0.925. The minimum absolute atomic E-state index is 0.338. The lowest BCUT2D eigenvalue weighted by molar-refractivity contribution is 0.295. The maximum atomic E-state index is 13.5. The van der Waals surface area contributed by atoms with Gasteiger partial charge in [-0.25, -0.2) is 8.78 Å². The van der Waals surface area contributed by atoms with Gasteiger partial charge in [-0.3, -0.25) is 0 Å². The zero-order chi connectivity index (χ0) is 20.6. The highest BCUT2D eigenvalue weighted by atomic mass is 19.2. The first kappa shape index (κ1) is 21.7. The lowest BCUT2D eigenvalue weighted by Gasteiger charge is -2.29. The number of hydrogen-bond acceptors (Lipinski definition) is 1. The molecule has 0 heterocycles. The largest absolute Gasteiger partial charge is 0.204 e. The Labute approximate surface area is 172 Å². The van der Waals surface area contributed by atoms with E-state index in [0.29, 0.717) is 30.1 Å². The summed E-state index contributed by atoms with van der Waals surface area (Å²) in [5.74, 6) is 0.0343. The van der Waals surface area contributed by atoms with E-state index < -0.39 is 17.5 Å². The van der Waals surface area contributed by atoms with Crippen molar-refractivity contribution in [2.75, 3.05) is 0 Å². The Hall–Kier alpha value is -2.02. The molecule has 0 spiro atoms. The Morgan fingerprint density at radius 3 is 2.14 bits per heavy atom. The van der Waals surface area contributed by atoms with Crippen LogP contribution in [0.5, 0.6) is 0 Å². The van der Waals surface area contributed by atoms with Gasteiger partial charge in [0, 0.05) is 0 Å². The molecule has 0 N–H and O–H groups in total. The first-order chi connectivity index (χ1) is 14.0. The van der Waals surface area contributed by atoms with Gasteiger partial charge in [0.1, 0.15) is 6.07 Å². The SMILES string of the molecule is N#CC(F)=CCC[C@H]1CC[C@H](C=C[C@H]2CC[C@H](c3ccc(F)c(F)c3)CC2)CC1. The first-order valence-corrected chi connectivity index (χ1v) is 10.9. The molecule has 0 atom stereocenters. The van der Waals surface area contributed by atoms with Crippen molar-refractivity contribution in [1.82, 2.24) is 0 Å². The van der Waals surface area contributed by atoms with Crippen molar-refractivity contribution in [3.05, 3.63) is 59.5 Å². The number of rotatable bonds is 6. The van der Waals surface area contributed by atoms with Crippen molar-refractivity contribution in [3.8, 4) is 6.07 Å². The molecule has 0 aliphatic heterocycles. The van der Waals surface area contributed by atoms with Gasteiger partial charge in [-0.1, -0.05) is 18.2 Å². The molecule has 2 aliphatic rings. The number of nitriles is 1. The Kier molecular flexibility index (Phi) is 7.98. The molecule has 0 radical (unpaired) electrons. The Morgan fingerprint density at radius 1 is 0.931 bits per heavy atom. The molecular formula is C25H30F3N. The van der Waals surface area contributed by atoms with Gasteiger partial charge in [-0.15, -0.1) is 0 Å². The third kappa shape index (κ3) is 6.49. The Morgan fingerprint density at radius 2 is 1.55 bits per heavy atom. The molecule has 0 unspecified atom stereocenters. The van der Waals surface area contributed by atoms with Crippen molar-refractivity contribution >= 4 is 0 Å². The van der Waals surface area contributed by atoms with Gasteiger partial charge >= 0.3 is 0 Å². The molecule has 0 aromatic heterocycles. The smallest absolute Gasteiger partial charge is 0.196 e. The highest BCUT2D eigenvalue weighted by Gasteiger charge is 2.23. The number of benzene rings is 1. The number of halogens is 3. The van der Waals surface area contributed by atoms with Crippen LogP contribution in [0.1, 0.15) is 75.7 Å². The highest BCUT2D eigenvalue weighted by molar-refractivity contribution is 5.22. The molecule has 3 rings (SSSR count). The van der Waals surface area contributed by atoms with Crippen molar-refractivity contribution < 1.29 is 13.2 Å². The quantitative estimate of drug-likeness (QED) is 0.353. The Bertz CT molecular complexity index is 761. The van der Waals surface area contributed by atoms with Gasteiger partial charge in [0.15, 0.2) is 17.5 Å². The zero-order valence-corrected chi connectivity index (χ0v) is 16.9. The molecule has 29 heavy (non-hydrogen) atoms. The van der Waals surface area contributed by atoms with Gasteiger partial charge in [0.25, 0.3) is 0 Å². The lowest BCUT2D eigenvalue weighted by atomic mass is 9.77. The maximum absolute atomic E-state index is 13.5. The summed E-state index contributed by atoms with van der Waals surface area (Å²) in [5, 5.41) is 8.44. The normalized spacial score (nSPS) is 28.4. The fourth-order valence-electron chi connectivity index (χ4n) is 4.89. The molecular weight excluding hydrogens is 371 g/mol. The number of allylic oxidation sites excluding steroid dienone is 4. The van der Waals surface area contributed by atoms with E-state index in [1.807, 2.05) is 0 Å². The van der Waals surface area contributed by atoms with Gasteiger partial charge in [-0.05, 0) is 112 Å². The van der Waals surface area contributed by atoms with Crippen LogP contribution in [0.2, 0.25) is 0 Å². The van der Waals surface area contributed by atoms with Crippen LogP contribution in [0.3, 0.4) is 0 Å². The second-order valence-corrected chi connectivity index (χ2v) is 8.69. The molecule has 0 amide bonds. The molecule has 1 nitrogen and oxygen atoms in total. The summed E-state index contributed by atoms with van der Waals surface area (Å²) < 4.78 is 39.4. The third-order valence-electron chi connectivity index (χ3n) is 6.74. The third-order valence-corrected chi connectivity index (χ3v) is 6.74. The maximum Gasteiger partial charge on any atom is 0.196 e. The van der Waals surface area contributed by atoms with E-state index in [-0.39, 0.29) is 0 Å². The van der Waals surface area contributed by atoms with Crippen LogP contribution < -0.4 is 0 Å². The second-order valence-electron chi connectivity index (χ2n) is 8.69. The van der Waals surface area contributed by atoms with Crippen LogP contribution in [0.15, 0.2) is 42.3 Å². The average Bonchev–Trinajstić information content (AvgIpc) is 2.75. The van der Waals surface area contributed by atoms with Gasteiger partial charge in [-0.2, -0.15) is 9.65 Å². The molecule has 2 fully saturated rings. The zero-order valence-electron chi connectivity index (χ0n) is 16.9. The summed E-state index contributed by atoms with van der Waals surface area (Å²) in [6, 6.07) is 5.85. The van der Waals surface area contributed by atoms with Crippen LogP contribution >= 0.6 is 0 Å². The van der Waals surface area contributed by atoms with Crippen molar-refractivity contribution in [2.45, 2.75) is 70.1 Å². The second kappa shape index (κ2) is 10.7. The molecule has 2 aliphatic carbocycles. The lowest BCUT2D eigenvalue weighted by Crippen LogP contribution is -2.14. The summed E-state index contributed by atoms with van der Waals surface area (Å²) in [7, 11) is 0. The van der Waals surface area contributed by atoms with Crippen LogP contribution in [-0.4, -0.2) is 0 Å². The fraction of sp³-hybridized carbons (Fsp3) is 0.560. The van der Waals surface area contributed by atoms with Gasteiger partial charge in [0.05, 0.1) is 0 Å². The molecule has 0 bridgehead atoms. The summed E-state index contributed by atoms with van der Waals surface area (Å²) >= 11 is 0. The van der Waals surface area contributed by atoms with E-state index in [1.165, 1.54) is 50.0 Å². The van der Waals surface area contributed by atoms with E-state index in [2.05, 4.69) is 12.2 Å². The fourth-order valence-corrected chi connectivity index (χ4v) is 4.89. The van der Waals surface area contributed by atoms with Gasteiger partial charge in [0.2, 0.25) is 0 Å². The van der Waals surface area contributed by atoms with E-state index >= 15 is 0 Å². The molecule has 0 saturated heterocycles. The summed E-state index contributed by atoms with van der Waals surface area (Å²) in [4.78, 5) is 0. The summed E-state index contributed by atoms with van der Waals surface area (Å²) in [6.07, 6.45) is 16.8. The van der Waals surface area contributed by atoms with Crippen LogP contribution in [0.25, 0.3) is 0 Å². The Balaban J connectivity index is 1.38. The highest BCUT2D eigenvalue weighted by Crippen LogP contribution is 2.38. The molecule has 156 valence electrons. The standard InChI is InChI=1S/C25H30F3N/c26-23(17-29)3-1-2-18-4-6-19(7-5-18)8-9-20-10-12-21(13-11-20)22-14-15-24(27)25(28)16-22/h3,8-9,14-16,18-21H,1-2,4-7,10-13H2/t18-,19-,20-,21-. The predicted molar refractivity (Wildman–Crippen MR) is 110 cm³/mol. The van der Waals surface area contributed by atoms with E-state index in [0.717, 1.165) is 37.7 Å². The van der Waals surface area contributed by atoms with E-state index in [1.54, 1.807) is 6.07 Å². The van der Waals surface area contributed by atoms with Crippen LogP contribution in [-0.2, 0) is 0 Å². The topological polar surface area (TPSA) is 23.8 Å². The minimum Gasteiger partial charge on any atom is -0.204 e. The van der Waals surface area contributed by atoms with Crippen molar-refractivity contribution in [2.24, 2.45) is 17.8 Å². The first-order valence-electron chi connectivity index (χ1n) is 10.9.